The molecule has 0 amide bonds. The molecule has 0 radical (unpaired) electrons. The maximum atomic E-state index is 13.4. The lowest BCUT2D eigenvalue weighted by Crippen LogP contribution is -2.01. The van der Waals surface area contributed by atoms with Crippen molar-refractivity contribution in [2.24, 2.45) is 0 Å². The number of nitrogens with zero attached hydrogens (tertiary/aromatic N) is 2. The lowest BCUT2D eigenvalue weighted by Gasteiger charge is -2.09. The third-order valence-corrected chi connectivity index (χ3v) is 2.98. The normalized spacial score (nSPS) is 10.8. The van der Waals surface area contributed by atoms with Gasteiger partial charge in [-0.25, -0.2) is 9.37 Å². The van der Waals surface area contributed by atoms with Crippen LogP contribution in [0.1, 0.15) is 0 Å². The number of fused-ring (bicyclic) bond motifs is 1. The van der Waals surface area contributed by atoms with Crippen LogP contribution in [-0.4, -0.2) is 16.7 Å². The van der Waals surface area contributed by atoms with Crippen LogP contribution in [-0.2, 0) is 0 Å². The summed E-state index contributed by atoms with van der Waals surface area (Å²) >= 11 is 0. The van der Waals surface area contributed by atoms with E-state index in [9.17, 15) is 4.39 Å². The summed E-state index contributed by atoms with van der Waals surface area (Å²) in [6, 6.07) is 12.2. The van der Waals surface area contributed by atoms with Gasteiger partial charge in [0, 0.05) is 6.07 Å². The number of hydrogen-bond acceptors (Lipinski definition) is 3. The van der Waals surface area contributed by atoms with Crippen molar-refractivity contribution in [3.8, 4) is 11.4 Å². The first kappa shape index (κ1) is 11.5. The van der Waals surface area contributed by atoms with Crippen molar-refractivity contribution in [2.75, 3.05) is 12.8 Å². The SMILES string of the molecule is COc1cc(-n2c(N)nc3ccccc32)ccc1F. The van der Waals surface area contributed by atoms with E-state index in [1.54, 1.807) is 16.7 Å². The number of halogens is 1. The van der Waals surface area contributed by atoms with E-state index < -0.39 is 5.82 Å². The Labute approximate surface area is 109 Å². The Morgan fingerprint density at radius 3 is 2.79 bits per heavy atom. The Morgan fingerprint density at radius 2 is 2.00 bits per heavy atom. The number of benzene rings is 2. The summed E-state index contributed by atoms with van der Waals surface area (Å²) in [5.74, 6) is 0.124. The van der Waals surface area contributed by atoms with Crippen molar-refractivity contribution in [3.63, 3.8) is 0 Å². The molecule has 4 nitrogen and oxygen atoms in total. The summed E-state index contributed by atoms with van der Waals surface area (Å²) in [7, 11) is 1.43. The largest absolute Gasteiger partial charge is 0.494 e. The average Bonchev–Trinajstić information content (AvgIpc) is 2.75. The van der Waals surface area contributed by atoms with Crippen molar-refractivity contribution in [2.45, 2.75) is 0 Å². The molecular formula is C14H12FN3O. The Hall–Kier alpha value is -2.56. The quantitative estimate of drug-likeness (QED) is 0.768. The lowest BCUT2D eigenvalue weighted by atomic mass is 10.2. The number of aromatic nitrogens is 2. The zero-order chi connectivity index (χ0) is 13.4. The number of hydrogen-bond donors (Lipinski definition) is 1. The smallest absolute Gasteiger partial charge is 0.205 e. The van der Waals surface area contributed by atoms with Crippen LogP contribution in [0.25, 0.3) is 16.7 Å². The predicted octanol–water partition coefficient (Wildman–Crippen LogP) is 2.76. The summed E-state index contributed by atoms with van der Waals surface area (Å²) in [6.07, 6.45) is 0. The minimum atomic E-state index is -0.408. The highest BCUT2D eigenvalue weighted by Gasteiger charge is 2.11. The molecule has 0 atom stereocenters. The molecular weight excluding hydrogens is 245 g/mol. The van der Waals surface area contributed by atoms with E-state index in [1.807, 2.05) is 24.3 Å². The number of nitrogen functional groups attached to an aromatic ring is 1. The summed E-state index contributed by atoms with van der Waals surface area (Å²) in [5, 5.41) is 0. The second kappa shape index (κ2) is 4.28. The standard InChI is InChI=1S/C14H12FN3O/c1-19-13-8-9(6-7-10(13)15)18-12-5-3-2-4-11(12)17-14(18)16/h2-8H,1H3,(H2,16,17). The molecule has 5 heteroatoms. The second-order valence-electron chi connectivity index (χ2n) is 4.11. The third kappa shape index (κ3) is 1.79. The fraction of sp³-hybridized carbons (Fsp3) is 0.0714. The van der Waals surface area contributed by atoms with Gasteiger partial charge in [0.2, 0.25) is 5.95 Å². The molecule has 1 aromatic heterocycles. The fourth-order valence-electron chi connectivity index (χ4n) is 2.10. The molecule has 0 fully saturated rings. The molecule has 1 heterocycles. The highest BCUT2D eigenvalue weighted by molar-refractivity contribution is 5.80. The van der Waals surface area contributed by atoms with Crippen LogP contribution in [0.4, 0.5) is 10.3 Å². The van der Waals surface area contributed by atoms with Crippen LogP contribution in [0, 0.1) is 5.82 Å². The zero-order valence-corrected chi connectivity index (χ0v) is 10.3. The van der Waals surface area contributed by atoms with Crippen molar-refractivity contribution < 1.29 is 9.13 Å². The van der Waals surface area contributed by atoms with Crippen molar-refractivity contribution >= 4 is 17.0 Å². The number of imidazole rings is 1. The molecule has 19 heavy (non-hydrogen) atoms. The first-order valence-electron chi connectivity index (χ1n) is 5.77. The van der Waals surface area contributed by atoms with Gasteiger partial charge in [0.1, 0.15) is 0 Å². The number of nitrogens with two attached hydrogens (primary N) is 1. The molecule has 0 aliphatic carbocycles. The second-order valence-corrected chi connectivity index (χ2v) is 4.11. The first-order chi connectivity index (χ1) is 9.20. The van der Waals surface area contributed by atoms with E-state index in [-0.39, 0.29) is 5.75 Å². The topological polar surface area (TPSA) is 53.1 Å². The van der Waals surface area contributed by atoms with Crippen molar-refractivity contribution in [3.05, 3.63) is 48.3 Å². The average molecular weight is 257 g/mol. The predicted molar refractivity (Wildman–Crippen MR) is 72.0 cm³/mol. The highest BCUT2D eigenvalue weighted by Crippen LogP contribution is 2.26. The molecule has 0 saturated carbocycles. The Bertz CT molecular complexity index is 752. The van der Waals surface area contributed by atoms with Crippen molar-refractivity contribution in [1.82, 2.24) is 9.55 Å². The van der Waals surface area contributed by atoms with Gasteiger partial charge in [0.05, 0.1) is 23.8 Å². The Morgan fingerprint density at radius 1 is 1.21 bits per heavy atom. The molecule has 0 aliphatic heterocycles. The number of methoxy groups -OCH3 is 1. The molecule has 0 unspecified atom stereocenters. The summed E-state index contributed by atoms with van der Waals surface area (Å²) in [4.78, 5) is 4.27. The summed E-state index contributed by atoms with van der Waals surface area (Å²) < 4.78 is 20.2. The van der Waals surface area contributed by atoms with E-state index >= 15 is 0 Å². The van der Waals surface area contributed by atoms with E-state index in [2.05, 4.69) is 4.98 Å². The Balaban J connectivity index is 2.27. The van der Waals surface area contributed by atoms with Crippen molar-refractivity contribution in [1.29, 1.82) is 0 Å². The number of para-hydroxylation sites is 2. The minimum absolute atomic E-state index is 0.176. The van der Waals surface area contributed by atoms with Gasteiger partial charge in [-0.1, -0.05) is 12.1 Å². The number of ether oxygens (including phenoxy) is 1. The maximum absolute atomic E-state index is 13.4. The molecule has 0 bridgehead atoms. The monoisotopic (exact) mass is 257 g/mol. The summed E-state index contributed by atoms with van der Waals surface area (Å²) in [5.41, 5.74) is 8.31. The summed E-state index contributed by atoms with van der Waals surface area (Å²) in [6.45, 7) is 0. The van der Waals surface area contributed by atoms with Gasteiger partial charge >= 0.3 is 0 Å². The molecule has 0 saturated heterocycles. The van der Waals surface area contributed by atoms with Gasteiger partial charge in [-0.3, -0.25) is 4.57 Å². The first-order valence-corrected chi connectivity index (χ1v) is 5.77. The minimum Gasteiger partial charge on any atom is -0.494 e. The lowest BCUT2D eigenvalue weighted by molar-refractivity contribution is 0.386. The third-order valence-electron chi connectivity index (χ3n) is 2.98. The Kier molecular flexibility index (Phi) is 2.59. The van der Waals surface area contributed by atoms with Crippen LogP contribution >= 0.6 is 0 Å². The number of anilines is 1. The van der Waals surface area contributed by atoms with Gasteiger partial charge < -0.3 is 10.5 Å². The van der Waals surface area contributed by atoms with Crippen LogP contribution < -0.4 is 10.5 Å². The van der Waals surface area contributed by atoms with Crippen LogP contribution in [0.5, 0.6) is 5.75 Å². The molecule has 3 rings (SSSR count). The molecule has 2 N–H and O–H groups in total. The molecule has 3 aromatic rings. The van der Waals surface area contributed by atoms with E-state index in [1.165, 1.54) is 13.2 Å². The molecule has 0 spiro atoms. The highest BCUT2D eigenvalue weighted by atomic mass is 19.1. The van der Waals surface area contributed by atoms with Crippen LogP contribution in [0.15, 0.2) is 42.5 Å². The molecule has 96 valence electrons. The number of rotatable bonds is 2. The molecule has 0 aliphatic rings. The van der Waals surface area contributed by atoms with E-state index in [4.69, 9.17) is 10.5 Å². The fourth-order valence-corrected chi connectivity index (χ4v) is 2.10. The van der Waals surface area contributed by atoms with Gasteiger partial charge in [-0.05, 0) is 24.3 Å². The van der Waals surface area contributed by atoms with Crippen LogP contribution in [0.3, 0.4) is 0 Å². The zero-order valence-electron chi connectivity index (χ0n) is 10.3. The van der Waals surface area contributed by atoms with Gasteiger partial charge in [-0.2, -0.15) is 0 Å². The van der Waals surface area contributed by atoms with Gasteiger partial charge in [-0.15, -0.1) is 0 Å². The van der Waals surface area contributed by atoms with E-state index in [0.29, 0.717) is 11.6 Å². The van der Waals surface area contributed by atoms with Crippen LogP contribution in [0.2, 0.25) is 0 Å². The molecule has 2 aromatic carbocycles. The maximum Gasteiger partial charge on any atom is 0.205 e. The van der Waals surface area contributed by atoms with E-state index in [0.717, 1.165) is 11.0 Å². The van der Waals surface area contributed by atoms with Gasteiger partial charge in [0.15, 0.2) is 11.6 Å². The van der Waals surface area contributed by atoms with Gasteiger partial charge in [0.25, 0.3) is 0 Å².